The zero-order chi connectivity index (χ0) is 20.0. The number of Topliss-reactive ketones (excluding diaryl/α,β-unsaturated/α-hetero) is 1. The van der Waals surface area contributed by atoms with Crippen LogP contribution in [0, 0.1) is 0 Å². The minimum Gasteiger partial charge on any atom is -0.465 e. The second kappa shape index (κ2) is 6.71. The van der Waals surface area contributed by atoms with Crippen LogP contribution in [0.5, 0.6) is 0 Å². The van der Waals surface area contributed by atoms with Crippen LogP contribution >= 0.6 is 0 Å². The number of carbonyl (C=O) groups is 2. The summed E-state index contributed by atoms with van der Waals surface area (Å²) in [5, 5.41) is 0. The van der Waals surface area contributed by atoms with Crippen molar-refractivity contribution in [2.45, 2.75) is 13.0 Å². The van der Waals surface area contributed by atoms with Crippen molar-refractivity contribution in [1.29, 1.82) is 0 Å². The highest BCUT2D eigenvalue weighted by Crippen LogP contribution is 2.33. The standard InChI is InChI=1S/C24H18N2O3/c1-29-24(28)16-10-8-15(9-11-16)17-4-2-5-18(14-17)23-25-20-7-3-6-19-21(27)12-13-26(23)22(19)20/h2-11,14H,12-13H2,1H3. The van der Waals surface area contributed by atoms with E-state index in [9.17, 15) is 9.59 Å². The molecule has 0 bridgehead atoms. The van der Waals surface area contributed by atoms with E-state index in [0.29, 0.717) is 18.5 Å². The lowest BCUT2D eigenvalue weighted by Crippen LogP contribution is -2.14. The molecule has 29 heavy (non-hydrogen) atoms. The summed E-state index contributed by atoms with van der Waals surface area (Å²) in [6, 6.07) is 21.2. The van der Waals surface area contributed by atoms with Crippen molar-refractivity contribution in [1.82, 2.24) is 9.55 Å². The van der Waals surface area contributed by atoms with Crippen molar-refractivity contribution in [3.05, 3.63) is 77.9 Å². The summed E-state index contributed by atoms with van der Waals surface area (Å²) in [5.74, 6) is 0.695. The quantitative estimate of drug-likeness (QED) is 0.480. The number of methoxy groups -OCH3 is 1. The van der Waals surface area contributed by atoms with Gasteiger partial charge in [0.15, 0.2) is 5.78 Å². The van der Waals surface area contributed by atoms with Gasteiger partial charge < -0.3 is 9.30 Å². The van der Waals surface area contributed by atoms with Gasteiger partial charge in [0.1, 0.15) is 5.82 Å². The predicted octanol–water partition coefficient (Wildman–Crippen LogP) is 4.74. The summed E-state index contributed by atoms with van der Waals surface area (Å²) in [6.45, 7) is 0.639. The Balaban J connectivity index is 1.59. The molecule has 0 N–H and O–H groups in total. The second-order valence-corrected chi connectivity index (χ2v) is 7.08. The number of ether oxygens (including phenoxy) is 1. The van der Waals surface area contributed by atoms with Crippen molar-refractivity contribution in [3.63, 3.8) is 0 Å². The Kier molecular flexibility index (Phi) is 4.02. The molecule has 3 aromatic carbocycles. The summed E-state index contributed by atoms with van der Waals surface area (Å²) >= 11 is 0. The predicted molar refractivity (Wildman–Crippen MR) is 111 cm³/mol. The summed E-state index contributed by atoms with van der Waals surface area (Å²) in [5.41, 5.74) is 6.08. The van der Waals surface area contributed by atoms with E-state index < -0.39 is 0 Å². The van der Waals surface area contributed by atoms with E-state index in [1.54, 1.807) is 12.1 Å². The highest BCUT2D eigenvalue weighted by molar-refractivity contribution is 6.08. The van der Waals surface area contributed by atoms with E-state index in [0.717, 1.165) is 39.1 Å². The van der Waals surface area contributed by atoms with E-state index in [1.807, 2.05) is 48.5 Å². The maximum absolute atomic E-state index is 12.3. The highest BCUT2D eigenvalue weighted by atomic mass is 16.5. The number of imidazole rings is 1. The molecule has 5 rings (SSSR count). The number of benzene rings is 3. The number of aromatic nitrogens is 2. The molecule has 0 atom stereocenters. The SMILES string of the molecule is COC(=O)c1ccc(-c2cccc(-c3nc4cccc5c4n3CCC5=O)c2)cc1. The molecule has 4 aromatic rings. The lowest BCUT2D eigenvalue weighted by molar-refractivity contribution is 0.0600. The fourth-order valence-corrected chi connectivity index (χ4v) is 3.95. The van der Waals surface area contributed by atoms with Crippen LogP contribution in [0.4, 0.5) is 0 Å². The Morgan fingerprint density at radius 2 is 1.72 bits per heavy atom. The molecule has 0 saturated carbocycles. The summed E-state index contributed by atoms with van der Waals surface area (Å²) in [4.78, 5) is 28.8. The highest BCUT2D eigenvalue weighted by Gasteiger charge is 2.23. The van der Waals surface area contributed by atoms with E-state index in [4.69, 9.17) is 9.72 Å². The number of para-hydroxylation sites is 1. The molecular formula is C24H18N2O3. The van der Waals surface area contributed by atoms with Crippen LogP contribution in [0.1, 0.15) is 27.1 Å². The second-order valence-electron chi connectivity index (χ2n) is 7.08. The first-order valence-electron chi connectivity index (χ1n) is 9.47. The van der Waals surface area contributed by atoms with E-state index in [1.165, 1.54) is 7.11 Å². The Labute approximate surface area is 167 Å². The zero-order valence-electron chi connectivity index (χ0n) is 15.9. The fourth-order valence-electron chi connectivity index (χ4n) is 3.95. The monoisotopic (exact) mass is 382 g/mol. The van der Waals surface area contributed by atoms with Crippen LogP contribution in [0.15, 0.2) is 66.7 Å². The first-order chi connectivity index (χ1) is 14.2. The van der Waals surface area contributed by atoms with Crippen molar-refractivity contribution >= 4 is 22.8 Å². The van der Waals surface area contributed by atoms with Gasteiger partial charge in [0.05, 0.1) is 23.7 Å². The van der Waals surface area contributed by atoms with Crippen molar-refractivity contribution in [3.8, 4) is 22.5 Å². The molecule has 0 amide bonds. The van der Waals surface area contributed by atoms with Crippen LogP contribution in [-0.2, 0) is 11.3 Å². The Bertz CT molecular complexity index is 1270. The van der Waals surface area contributed by atoms with Gasteiger partial charge in [0.25, 0.3) is 0 Å². The number of rotatable bonds is 3. The molecule has 0 spiro atoms. The lowest BCUT2D eigenvalue weighted by Gasteiger charge is -2.16. The van der Waals surface area contributed by atoms with Crippen molar-refractivity contribution < 1.29 is 14.3 Å². The van der Waals surface area contributed by atoms with Gasteiger partial charge in [0.2, 0.25) is 0 Å². The average molecular weight is 382 g/mol. The minimum absolute atomic E-state index is 0.175. The third-order valence-electron chi connectivity index (χ3n) is 5.39. The minimum atomic E-state index is -0.348. The summed E-state index contributed by atoms with van der Waals surface area (Å²) in [7, 11) is 1.37. The average Bonchev–Trinajstić information content (AvgIpc) is 3.16. The van der Waals surface area contributed by atoms with Gasteiger partial charge in [-0.3, -0.25) is 4.79 Å². The van der Waals surface area contributed by atoms with Crippen LogP contribution in [-0.4, -0.2) is 28.4 Å². The number of nitrogens with zero attached hydrogens (tertiary/aromatic N) is 2. The summed E-state index contributed by atoms with van der Waals surface area (Å²) < 4.78 is 6.91. The van der Waals surface area contributed by atoms with Crippen LogP contribution in [0.25, 0.3) is 33.5 Å². The number of hydrogen-bond donors (Lipinski definition) is 0. The maximum atomic E-state index is 12.3. The van der Waals surface area contributed by atoms with Gasteiger partial charge in [-0.2, -0.15) is 0 Å². The molecule has 1 aliphatic rings. The molecule has 5 heteroatoms. The fraction of sp³-hybridized carbons (Fsp3) is 0.125. The normalized spacial score (nSPS) is 12.9. The Hall–Kier alpha value is -3.73. The molecule has 0 saturated heterocycles. The molecule has 0 unspecified atom stereocenters. The topological polar surface area (TPSA) is 61.2 Å². The smallest absolute Gasteiger partial charge is 0.337 e. The third-order valence-corrected chi connectivity index (χ3v) is 5.39. The number of hydrogen-bond acceptors (Lipinski definition) is 4. The lowest BCUT2D eigenvalue weighted by atomic mass is 10.0. The molecule has 142 valence electrons. The van der Waals surface area contributed by atoms with Crippen LogP contribution in [0.3, 0.4) is 0 Å². The Morgan fingerprint density at radius 3 is 2.52 bits per heavy atom. The summed E-state index contributed by atoms with van der Waals surface area (Å²) in [6.07, 6.45) is 0.490. The molecule has 1 aliphatic heterocycles. The van der Waals surface area contributed by atoms with Gasteiger partial charge in [-0.1, -0.05) is 36.4 Å². The number of aryl methyl sites for hydroxylation is 1. The van der Waals surface area contributed by atoms with Gasteiger partial charge in [-0.05, 0) is 41.5 Å². The molecule has 0 radical (unpaired) electrons. The van der Waals surface area contributed by atoms with Crippen molar-refractivity contribution in [2.24, 2.45) is 0 Å². The van der Waals surface area contributed by atoms with Crippen LogP contribution in [0.2, 0.25) is 0 Å². The van der Waals surface area contributed by atoms with Crippen molar-refractivity contribution in [2.75, 3.05) is 7.11 Å². The van der Waals surface area contributed by atoms with Gasteiger partial charge in [0, 0.05) is 24.1 Å². The molecule has 5 nitrogen and oxygen atoms in total. The van der Waals surface area contributed by atoms with Crippen LogP contribution < -0.4 is 0 Å². The van der Waals surface area contributed by atoms with Gasteiger partial charge in [-0.25, -0.2) is 9.78 Å². The molecule has 0 aliphatic carbocycles. The Morgan fingerprint density at radius 1 is 0.966 bits per heavy atom. The van der Waals surface area contributed by atoms with Gasteiger partial charge in [-0.15, -0.1) is 0 Å². The third kappa shape index (κ3) is 2.83. The maximum Gasteiger partial charge on any atom is 0.337 e. The molecule has 0 fully saturated rings. The first-order valence-corrected chi connectivity index (χ1v) is 9.47. The zero-order valence-corrected chi connectivity index (χ0v) is 15.9. The van der Waals surface area contributed by atoms with E-state index in [-0.39, 0.29) is 11.8 Å². The molecular weight excluding hydrogens is 364 g/mol. The van der Waals surface area contributed by atoms with Gasteiger partial charge >= 0.3 is 5.97 Å². The molecule has 1 aromatic heterocycles. The largest absolute Gasteiger partial charge is 0.465 e. The van der Waals surface area contributed by atoms with E-state index in [2.05, 4.69) is 10.6 Å². The number of ketones is 1. The van der Waals surface area contributed by atoms with E-state index >= 15 is 0 Å². The number of carbonyl (C=O) groups excluding carboxylic acids is 2. The first kappa shape index (κ1) is 17.4. The molecule has 2 heterocycles. The number of esters is 1.